The predicted octanol–water partition coefficient (Wildman–Crippen LogP) is -1.85. The van der Waals surface area contributed by atoms with E-state index < -0.39 is 119 Å². The molecule has 0 aromatic heterocycles. The van der Waals surface area contributed by atoms with Crippen LogP contribution in [0.4, 0.5) is 0 Å². The third-order valence-electron chi connectivity index (χ3n) is 10.3. The smallest absolute Gasteiger partial charge is 0.326 e. The fourth-order valence-electron chi connectivity index (χ4n) is 6.12. The Bertz CT molecular complexity index is 1620. The minimum absolute atomic E-state index is 0.0585. The summed E-state index contributed by atoms with van der Waals surface area (Å²) in [4.78, 5) is 105. The molecule has 0 saturated carbocycles. The number of nitrogens with one attached hydrogen (secondary N) is 5. The standard InChI is InChI=1S/C40H66N8O11/c1-9-39(8,32(43)36(56)45-27(17-21(2)3)34(54)47-31(24(7)50)35(55)46-30(22(4)5)37(57)58)29(52)15-16-44-38(59)40(20-49,19-25-13-11-10-12-14-25)48-33(53)26(42)18-28(51)23(6)41/h10-14,21-24,26-27,30-32,49-50H,9,15-20,41-43H2,1-8H3,(H,44,59)(H,45,56)(H,46,55)(H,47,54)(H,48,53)(H,57,58)/t23-,24+,26-,27-,30-,31-,32-,39+,40?/m0/s1. The van der Waals surface area contributed by atoms with E-state index in [0.717, 1.165) is 0 Å². The molecule has 9 atom stereocenters. The summed E-state index contributed by atoms with van der Waals surface area (Å²) in [7, 11) is 0. The van der Waals surface area contributed by atoms with Gasteiger partial charge in [-0.1, -0.05) is 71.9 Å². The van der Waals surface area contributed by atoms with Crippen molar-refractivity contribution in [3.63, 3.8) is 0 Å². The zero-order valence-electron chi connectivity index (χ0n) is 35.4. The topological polar surface area (TPSA) is 335 Å². The molecule has 19 heteroatoms. The fraction of sp³-hybridized carbons (Fsp3) is 0.650. The number of rotatable bonds is 26. The van der Waals surface area contributed by atoms with E-state index in [1.54, 1.807) is 65.0 Å². The van der Waals surface area contributed by atoms with Crippen molar-refractivity contribution in [1.82, 2.24) is 26.6 Å². The molecule has 0 fully saturated rings. The lowest BCUT2D eigenvalue weighted by atomic mass is 9.74. The quantitative estimate of drug-likeness (QED) is 0.0489. The number of aliphatic hydroxyl groups is 2. The first-order valence-corrected chi connectivity index (χ1v) is 19.8. The molecule has 5 amide bonds. The van der Waals surface area contributed by atoms with Crippen LogP contribution in [0.3, 0.4) is 0 Å². The molecule has 1 aromatic carbocycles. The highest BCUT2D eigenvalue weighted by Crippen LogP contribution is 2.28. The van der Waals surface area contributed by atoms with Crippen molar-refractivity contribution in [2.75, 3.05) is 13.2 Å². The van der Waals surface area contributed by atoms with E-state index in [1.807, 2.05) is 0 Å². The van der Waals surface area contributed by atoms with Gasteiger partial charge >= 0.3 is 5.97 Å². The van der Waals surface area contributed by atoms with Gasteiger partial charge in [0, 0.05) is 25.8 Å². The van der Waals surface area contributed by atoms with Gasteiger partial charge in [-0.2, -0.15) is 0 Å². The number of hydrogen-bond donors (Lipinski definition) is 11. The van der Waals surface area contributed by atoms with Crippen LogP contribution >= 0.6 is 0 Å². The molecule has 0 aliphatic rings. The van der Waals surface area contributed by atoms with E-state index >= 15 is 0 Å². The summed E-state index contributed by atoms with van der Waals surface area (Å²) in [5.41, 5.74) is 15.0. The van der Waals surface area contributed by atoms with Gasteiger partial charge in [-0.05, 0) is 44.1 Å². The van der Waals surface area contributed by atoms with Crippen LogP contribution in [0.2, 0.25) is 0 Å². The maximum atomic E-state index is 13.8. The first-order valence-electron chi connectivity index (χ1n) is 19.8. The first kappa shape index (κ1) is 52.2. The highest BCUT2D eigenvalue weighted by atomic mass is 16.4. The van der Waals surface area contributed by atoms with Crippen LogP contribution in [0.1, 0.15) is 86.6 Å². The van der Waals surface area contributed by atoms with Gasteiger partial charge in [0.1, 0.15) is 29.4 Å². The second-order valence-electron chi connectivity index (χ2n) is 16.1. The van der Waals surface area contributed by atoms with Crippen molar-refractivity contribution < 1.29 is 53.7 Å². The second kappa shape index (κ2) is 23.7. The molecule has 0 radical (unpaired) electrons. The Morgan fingerprint density at radius 1 is 0.797 bits per heavy atom. The Morgan fingerprint density at radius 2 is 1.37 bits per heavy atom. The van der Waals surface area contributed by atoms with Gasteiger partial charge in [-0.3, -0.25) is 33.6 Å². The van der Waals surface area contributed by atoms with E-state index in [2.05, 4.69) is 26.6 Å². The van der Waals surface area contributed by atoms with Gasteiger partial charge in [0.25, 0.3) is 0 Å². The number of carboxylic acids is 1. The Labute approximate surface area is 345 Å². The largest absolute Gasteiger partial charge is 0.480 e. The van der Waals surface area contributed by atoms with E-state index in [9.17, 15) is 53.7 Å². The molecule has 0 aliphatic carbocycles. The maximum Gasteiger partial charge on any atom is 0.326 e. The SMILES string of the molecule is CC[C@](C)(C(=O)CCNC(=O)C(CO)(Cc1ccccc1)NC(=O)[C@@H](N)CC(=O)[C@H](C)N)[C@@H](N)C(=O)N[C@@H](CC(C)C)C(=O)N[C@H](C(=O)N[C@H](C(=O)O)C(C)C)[C@@H](C)O. The summed E-state index contributed by atoms with van der Waals surface area (Å²) in [5.74, 6) is -7.45. The van der Waals surface area contributed by atoms with Crippen LogP contribution < -0.4 is 43.8 Å². The number of nitrogens with two attached hydrogens (primary N) is 3. The third-order valence-corrected chi connectivity index (χ3v) is 10.3. The molecule has 1 rings (SSSR count). The van der Waals surface area contributed by atoms with Crippen molar-refractivity contribution in [1.29, 1.82) is 0 Å². The molecule has 59 heavy (non-hydrogen) atoms. The van der Waals surface area contributed by atoms with E-state index in [1.165, 1.54) is 20.8 Å². The van der Waals surface area contributed by atoms with Gasteiger partial charge in [0.05, 0.1) is 36.3 Å². The lowest BCUT2D eigenvalue weighted by Crippen LogP contribution is -2.65. The van der Waals surface area contributed by atoms with Crippen LogP contribution in [0.15, 0.2) is 30.3 Å². The van der Waals surface area contributed by atoms with Crippen LogP contribution in [-0.4, -0.2) is 123 Å². The van der Waals surface area contributed by atoms with Crippen LogP contribution in [0.5, 0.6) is 0 Å². The van der Waals surface area contributed by atoms with Crippen LogP contribution in [0, 0.1) is 17.3 Å². The summed E-state index contributed by atoms with van der Waals surface area (Å²) in [6.45, 7) is 11.3. The van der Waals surface area contributed by atoms with Crippen LogP contribution in [0.25, 0.3) is 0 Å². The maximum absolute atomic E-state index is 13.8. The summed E-state index contributed by atoms with van der Waals surface area (Å²) >= 11 is 0. The molecule has 1 aromatic rings. The lowest BCUT2D eigenvalue weighted by molar-refractivity contribution is -0.144. The monoisotopic (exact) mass is 834 g/mol. The normalized spacial score (nSPS) is 17.1. The summed E-state index contributed by atoms with van der Waals surface area (Å²) in [6, 6.07) is 0.550. The Hall–Kier alpha value is -4.82. The predicted molar refractivity (Wildman–Crippen MR) is 218 cm³/mol. The van der Waals surface area contributed by atoms with E-state index in [0.29, 0.717) is 5.56 Å². The number of ketones is 2. The molecule has 0 bridgehead atoms. The highest BCUT2D eigenvalue weighted by Gasteiger charge is 2.44. The fourth-order valence-corrected chi connectivity index (χ4v) is 6.12. The Kier molecular flexibility index (Phi) is 21.0. The summed E-state index contributed by atoms with van der Waals surface area (Å²) < 4.78 is 0. The summed E-state index contributed by atoms with van der Waals surface area (Å²) in [5, 5.41) is 42.7. The number of amides is 5. The average Bonchev–Trinajstić information content (AvgIpc) is 3.16. The molecule has 0 saturated heterocycles. The third kappa shape index (κ3) is 15.4. The molecule has 0 spiro atoms. The van der Waals surface area contributed by atoms with Crippen LogP contribution in [-0.2, 0) is 44.8 Å². The van der Waals surface area contributed by atoms with Gasteiger partial charge < -0.3 is 59.1 Å². The number of carbonyl (C=O) groups is 8. The number of hydrogen-bond acceptors (Lipinski definition) is 13. The van der Waals surface area contributed by atoms with Gasteiger partial charge in [-0.15, -0.1) is 0 Å². The van der Waals surface area contributed by atoms with Crippen molar-refractivity contribution in [2.24, 2.45) is 34.5 Å². The molecule has 0 aliphatic heterocycles. The number of Topliss-reactive ketones (excluding diaryl/α,β-unsaturated/α-hetero) is 2. The molecular formula is C40H66N8O11. The number of aliphatic hydroxyl groups excluding tert-OH is 2. The minimum Gasteiger partial charge on any atom is -0.480 e. The first-order chi connectivity index (χ1) is 27.4. The van der Waals surface area contributed by atoms with Crippen molar-refractivity contribution >= 4 is 47.1 Å². The molecule has 1 unspecified atom stereocenters. The average molecular weight is 835 g/mol. The zero-order chi connectivity index (χ0) is 45.4. The minimum atomic E-state index is -1.97. The lowest BCUT2D eigenvalue weighted by Gasteiger charge is -2.34. The molecule has 0 heterocycles. The van der Waals surface area contributed by atoms with Crippen molar-refractivity contribution in [2.45, 2.75) is 135 Å². The zero-order valence-corrected chi connectivity index (χ0v) is 35.4. The number of carbonyl (C=O) groups excluding carboxylic acids is 7. The van der Waals surface area contributed by atoms with Crippen molar-refractivity contribution in [3.05, 3.63) is 35.9 Å². The molecule has 332 valence electrons. The van der Waals surface area contributed by atoms with E-state index in [-0.39, 0.29) is 38.1 Å². The summed E-state index contributed by atoms with van der Waals surface area (Å²) in [6.07, 6.45) is -2.27. The Morgan fingerprint density at radius 3 is 1.85 bits per heavy atom. The molecule has 14 N–H and O–H groups in total. The molecule has 19 nitrogen and oxygen atoms in total. The van der Waals surface area contributed by atoms with E-state index in [4.69, 9.17) is 17.2 Å². The number of aliphatic carboxylic acids is 1. The number of benzene rings is 1. The molecular weight excluding hydrogens is 768 g/mol. The van der Waals surface area contributed by atoms with Crippen molar-refractivity contribution in [3.8, 4) is 0 Å². The van der Waals surface area contributed by atoms with Gasteiger partial charge in [0.2, 0.25) is 29.5 Å². The van der Waals surface area contributed by atoms with Gasteiger partial charge in [0.15, 0.2) is 5.78 Å². The number of carboxylic acid groups (broad SMARTS) is 1. The second-order valence-corrected chi connectivity index (χ2v) is 16.1. The van der Waals surface area contributed by atoms with Gasteiger partial charge in [-0.25, -0.2) is 4.79 Å². The Balaban J connectivity index is 3.21. The highest BCUT2D eigenvalue weighted by molar-refractivity contribution is 5.98.